The van der Waals surface area contributed by atoms with Crippen molar-refractivity contribution in [3.8, 4) is 21.0 Å². The van der Waals surface area contributed by atoms with Crippen LogP contribution in [0, 0.1) is 5.82 Å². The Kier molecular flexibility index (Phi) is 6.53. The number of pyridine rings is 1. The van der Waals surface area contributed by atoms with E-state index in [1.807, 2.05) is 24.3 Å². The molecule has 162 valence electrons. The number of aliphatic hydroxyl groups is 1. The van der Waals surface area contributed by atoms with E-state index in [1.54, 1.807) is 36.5 Å². The molecule has 0 aliphatic carbocycles. The summed E-state index contributed by atoms with van der Waals surface area (Å²) >= 11 is 1.33. The molecule has 0 aliphatic rings. The molecule has 0 aliphatic heterocycles. The number of nitrogen functional groups attached to an aromatic ring is 1. The number of rotatable bonds is 7. The van der Waals surface area contributed by atoms with E-state index in [0.717, 1.165) is 11.3 Å². The van der Waals surface area contributed by atoms with Gasteiger partial charge >= 0.3 is 0 Å². The number of aliphatic hydroxyl groups excluding tert-OH is 1. The molecular formula is C24H21FN4O2S. The summed E-state index contributed by atoms with van der Waals surface area (Å²) < 4.78 is 13.3. The summed E-state index contributed by atoms with van der Waals surface area (Å²) in [7, 11) is 0. The number of carbonyl (C=O) groups is 1. The Morgan fingerprint density at radius 2 is 1.84 bits per heavy atom. The number of nitrogens with zero attached hydrogens (tertiary/aromatic N) is 2. The molecule has 1 amide bonds. The number of benzene rings is 2. The van der Waals surface area contributed by atoms with Crippen molar-refractivity contribution in [2.24, 2.45) is 0 Å². The number of amides is 1. The molecule has 0 bridgehead atoms. The molecule has 2 aromatic heterocycles. The second-order valence-electron chi connectivity index (χ2n) is 7.16. The average Bonchev–Trinajstić information content (AvgIpc) is 3.21. The van der Waals surface area contributed by atoms with Gasteiger partial charge in [-0.25, -0.2) is 9.37 Å². The molecule has 0 saturated carbocycles. The van der Waals surface area contributed by atoms with Crippen LogP contribution in [0.1, 0.15) is 16.1 Å². The minimum absolute atomic E-state index is 0.219. The number of nitrogens with two attached hydrogens (primary N) is 1. The predicted molar refractivity (Wildman–Crippen MR) is 124 cm³/mol. The molecule has 4 aromatic rings. The van der Waals surface area contributed by atoms with E-state index in [-0.39, 0.29) is 18.3 Å². The summed E-state index contributed by atoms with van der Waals surface area (Å²) in [5, 5.41) is 13.2. The van der Waals surface area contributed by atoms with Gasteiger partial charge in [-0.15, -0.1) is 11.3 Å². The van der Waals surface area contributed by atoms with Crippen molar-refractivity contribution in [2.75, 3.05) is 12.3 Å². The number of hydrogen-bond acceptors (Lipinski definition) is 6. The Morgan fingerprint density at radius 1 is 1.09 bits per heavy atom. The summed E-state index contributed by atoms with van der Waals surface area (Å²) in [5.74, 6) is -0.342. The van der Waals surface area contributed by atoms with Crippen molar-refractivity contribution in [3.63, 3.8) is 0 Å². The van der Waals surface area contributed by atoms with Crippen molar-refractivity contribution in [1.29, 1.82) is 0 Å². The molecule has 0 radical (unpaired) electrons. The highest BCUT2D eigenvalue weighted by atomic mass is 32.1. The third-order valence-electron chi connectivity index (χ3n) is 4.90. The van der Waals surface area contributed by atoms with Crippen molar-refractivity contribution < 1.29 is 14.3 Å². The highest BCUT2D eigenvalue weighted by Crippen LogP contribution is 2.38. The van der Waals surface area contributed by atoms with Gasteiger partial charge in [0.05, 0.1) is 17.5 Å². The second-order valence-corrected chi connectivity index (χ2v) is 8.16. The quantitative estimate of drug-likeness (QED) is 0.398. The molecule has 1 atom stereocenters. The third-order valence-corrected chi connectivity index (χ3v) is 6.05. The number of anilines is 1. The molecule has 8 heteroatoms. The summed E-state index contributed by atoms with van der Waals surface area (Å²) in [6.07, 6.45) is 2.08. The summed E-state index contributed by atoms with van der Waals surface area (Å²) in [6.45, 7) is -0.219. The van der Waals surface area contributed by atoms with Crippen LogP contribution >= 0.6 is 11.3 Å². The first kappa shape index (κ1) is 21.6. The van der Waals surface area contributed by atoms with Gasteiger partial charge in [-0.2, -0.15) is 0 Å². The van der Waals surface area contributed by atoms with Gasteiger partial charge in [0, 0.05) is 29.4 Å². The maximum absolute atomic E-state index is 13.3. The Balaban J connectivity index is 1.59. The fourth-order valence-electron chi connectivity index (χ4n) is 3.32. The van der Waals surface area contributed by atoms with Gasteiger partial charge in [0.2, 0.25) is 0 Å². The van der Waals surface area contributed by atoms with Crippen molar-refractivity contribution in [3.05, 3.63) is 90.0 Å². The average molecular weight is 449 g/mol. The first-order valence-electron chi connectivity index (χ1n) is 9.98. The number of hydrogen-bond donors (Lipinski definition) is 3. The normalized spacial score (nSPS) is 11.8. The Hall–Kier alpha value is -3.62. The van der Waals surface area contributed by atoms with E-state index in [4.69, 9.17) is 5.73 Å². The van der Waals surface area contributed by atoms with E-state index in [0.29, 0.717) is 33.3 Å². The highest BCUT2D eigenvalue weighted by molar-refractivity contribution is 7.19. The zero-order valence-corrected chi connectivity index (χ0v) is 17.8. The van der Waals surface area contributed by atoms with E-state index >= 15 is 0 Å². The van der Waals surface area contributed by atoms with Crippen LogP contribution in [-0.2, 0) is 6.42 Å². The Morgan fingerprint density at radius 3 is 2.56 bits per heavy atom. The number of carbonyl (C=O) groups excluding carboxylic acids is 1. The van der Waals surface area contributed by atoms with Crippen molar-refractivity contribution in [2.45, 2.75) is 12.5 Å². The van der Waals surface area contributed by atoms with E-state index in [9.17, 15) is 14.3 Å². The zero-order valence-electron chi connectivity index (χ0n) is 17.0. The summed E-state index contributed by atoms with van der Waals surface area (Å²) in [6, 6.07) is 18.1. The molecule has 0 fully saturated rings. The van der Waals surface area contributed by atoms with E-state index in [1.165, 1.54) is 23.5 Å². The van der Waals surface area contributed by atoms with Gasteiger partial charge < -0.3 is 16.2 Å². The smallest absolute Gasteiger partial charge is 0.252 e. The molecule has 2 heterocycles. The molecular weight excluding hydrogens is 427 g/mol. The number of nitrogens with one attached hydrogen (secondary N) is 1. The lowest BCUT2D eigenvalue weighted by atomic mass is 10.1. The van der Waals surface area contributed by atoms with Crippen LogP contribution in [-0.4, -0.2) is 33.6 Å². The molecule has 0 spiro atoms. The first-order valence-corrected chi connectivity index (χ1v) is 10.8. The third kappa shape index (κ3) is 4.82. The maximum atomic E-state index is 13.3. The topological polar surface area (TPSA) is 101 Å². The van der Waals surface area contributed by atoms with Gasteiger partial charge in [-0.3, -0.25) is 9.78 Å². The molecule has 0 unspecified atom stereocenters. The first-order chi connectivity index (χ1) is 15.5. The Bertz CT molecular complexity index is 1210. The predicted octanol–water partition coefficient (Wildman–Crippen LogP) is 3.93. The van der Waals surface area contributed by atoms with Crippen LogP contribution in [0.5, 0.6) is 0 Å². The standard InChI is InChI=1S/C24H21FN4O2S/c25-16-10-8-15(9-11-16)21-22(26)29-24(32-21)20-7-2-1-6-19(20)23(31)28-18(14-30)13-17-5-3-4-12-27-17/h1-12,18,30H,13-14,26H2,(H,28,31)/t18-/m1/s1. The van der Waals surface area contributed by atoms with Gasteiger partial charge in [0.25, 0.3) is 5.91 Å². The molecule has 2 aromatic carbocycles. The van der Waals surface area contributed by atoms with E-state index < -0.39 is 6.04 Å². The minimum Gasteiger partial charge on any atom is -0.394 e. The van der Waals surface area contributed by atoms with Gasteiger partial charge in [0.15, 0.2) is 0 Å². The van der Waals surface area contributed by atoms with E-state index in [2.05, 4.69) is 15.3 Å². The highest BCUT2D eigenvalue weighted by Gasteiger charge is 2.20. The van der Waals surface area contributed by atoms with Crippen LogP contribution in [0.2, 0.25) is 0 Å². The molecule has 6 nitrogen and oxygen atoms in total. The number of halogens is 1. The lowest BCUT2D eigenvalue weighted by molar-refractivity contribution is 0.0917. The van der Waals surface area contributed by atoms with Gasteiger partial charge in [0.1, 0.15) is 16.6 Å². The lowest BCUT2D eigenvalue weighted by Gasteiger charge is -2.17. The fourth-order valence-corrected chi connectivity index (χ4v) is 4.35. The van der Waals surface area contributed by atoms with Crippen molar-refractivity contribution in [1.82, 2.24) is 15.3 Å². The molecule has 0 saturated heterocycles. The number of thiazole rings is 1. The Labute approximate surface area is 188 Å². The number of aromatic nitrogens is 2. The largest absolute Gasteiger partial charge is 0.394 e. The monoisotopic (exact) mass is 448 g/mol. The van der Waals surface area contributed by atoms with Crippen LogP contribution in [0.3, 0.4) is 0 Å². The lowest BCUT2D eigenvalue weighted by Crippen LogP contribution is -2.39. The van der Waals surface area contributed by atoms with Crippen molar-refractivity contribution >= 4 is 23.1 Å². The van der Waals surface area contributed by atoms with Crippen LogP contribution < -0.4 is 11.1 Å². The molecule has 32 heavy (non-hydrogen) atoms. The maximum Gasteiger partial charge on any atom is 0.252 e. The summed E-state index contributed by atoms with van der Waals surface area (Å²) in [4.78, 5) is 22.5. The fraction of sp³-hybridized carbons (Fsp3) is 0.125. The van der Waals surface area contributed by atoms with Crippen LogP contribution in [0.4, 0.5) is 10.2 Å². The van der Waals surface area contributed by atoms with Crippen LogP contribution in [0.15, 0.2) is 72.9 Å². The second kappa shape index (κ2) is 9.67. The minimum atomic E-state index is -0.485. The SMILES string of the molecule is Nc1nc(-c2ccccc2C(=O)N[C@@H](CO)Cc2ccccn2)sc1-c1ccc(F)cc1. The molecule has 4 N–H and O–H groups in total. The van der Waals surface area contributed by atoms with Gasteiger partial charge in [-0.05, 0) is 35.9 Å². The van der Waals surface area contributed by atoms with Crippen LogP contribution in [0.25, 0.3) is 21.0 Å². The summed E-state index contributed by atoms with van der Waals surface area (Å²) in [5.41, 5.74) is 8.71. The zero-order chi connectivity index (χ0) is 22.5. The molecule has 4 rings (SSSR count). The van der Waals surface area contributed by atoms with Gasteiger partial charge in [-0.1, -0.05) is 36.4 Å².